The van der Waals surface area contributed by atoms with Crippen molar-refractivity contribution in [1.82, 2.24) is 0 Å². The molecule has 0 aliphatic heterocycles. The third-order valence-corrected chi connectivity index (χ3v) is 2.57. The van der Waals surface area contributed by atoms with E-state index in [-0.39, 0.29) is 11.6 Å². The number of hydrogen-bond acceptors (Lipinski definition) is 3. The molecule has 0 radical (unpaired) electrons. The summed E-state index contributed by atoms with van der Waals surface area (Å²) in [5.41, 5.74) is 8.29. The number of rotatable bonds is 6. The van der Waals surface area contributed by atoms with Crippen LogP contribution in [0.25, 0.3) is 0 Å². The largest absolute Gasteiger partial charge is 0.377 e. The summed E-state index contributed by atoms with van der Waals surface area (Å²) in [5, 5.41) is 0. The average Bonchev–Trinajstić information content (AvgIpc) is 2.27. The summed E-state index contributed by atoms with van der Waals surface area (Å²) < 4.78 is 11.1. The lowest BCUT2D eigenvalue weighted by atomic mass is 10.1. The quantitative estimate of drug-likeness (QED) is 0.791. The molecule has 0 spiro atoms. The van der Waals surface area contributed by atoms with Gasteiger partial charge in [-0.3, -0.25) is 0 Å². The topological polar surface area (TPSA) is 44.5 Å². The molecule has 0 heterocycles. The summed E-state index contributed by atoms with van der Waals surface area (Å²) in [4.78, 5) is 0. The molecule has 3 heteroatoms. The molecule has 3 nitrogen and oxygen atoms in total. The van der Waals surface area contributed by atoms with E-state index in [1.807, 2.05) is 20.8 Å². The maximum absolute atomic E-state index is 6.05. The molecule has 18 heavy (non-hydrogen) atoms. The minimum absolute atomic E-state index is 0.0692. The van der Waals surface area contributed by atoms with E-state index in [1.165, 1.54) is 5.56 Å². The molecule has 1 unspecified atom stereocenters. The Morgan fingerprint density at radius 1 is 1.11 bits per heavy atom. The summed E-state index contributed by atoms with van der Waals surface area (Å²) >= 11 is 0. The van der Waals surface area contributed by atoms with Crippen molar-refractivity contribution in [3.63, 3.8) is 0 Å². The van der Waals surface area contributed by atoms with Gasteiger partial charge in [-0.2, -0.15) is 0 Å². The molecule has 2 N–H and O–H groups in total. The molecule has 0 aliphatic rings. The van der Waals surface area contributed by atoms with Crippen molar-refractivity contribution in [2.75, 3.05) is 19.8 Å². The lowest BCUT2D eigenvalue weighted by Crippen LogP contribution is -2.23. The molecule has 0 saturated heterocycles. The van der Waals surface area contributed by atoms with Gasteiger partial charge in [-0.05, 0) is 33.3 Å². The van der Waals surface area contributed by atoms with Crippen LogP contribution in [0.3, 0.4) is 0 Å². The molecule has 1 rings (SSSR count). The van der Waals surface area contributed by atoms with E-state index in [2.05, 4.69) is 31.2 Å². The zero-order valence-electron chi connectivity index (χ0n) is 11.9. The molecule has 1 aromatic rings. The van der Waals surface area contributed by atoms with E-state index in [9.17, 15) is 0 Å². The van der Waals surface area contributed by atoms with Crippen molar-refractivity contribution in [2.24, 2.45) is 5.73 Å². The van der Waals surface area contributed by atoms with Crippen molar-refractivity contribution < 1.29 is 9.47 Å². The van der Waals surface area contributed by atoms with Crippen molar-refractivity contribution in [1.29, 1.82) is 0 Å². The Morgan fingerprint density at radius 3 is 2.28 bits per heavy atom. The van der Waals surface area contributed by atoms with Crippen molar-refractivity contribution >= 4 is 0 Å². The van der Waals surface area contributed by atoms with Gasteiger partial charge in [-0.1, -0.05) is 29.8 Å². The van der Waals surface area contributed by atoms with Gasteiger partial charge in [0.25, 0.3) is 0 Å². The summed E-state index contributed by atoms with van der Waals surface area (Å²) in [6.45, 7) is 9.87. The standard InChI is InChI=1S/C15H25NO2/c1-12-5-7-13(8-6-12)14(16)11-17-9-10-18-15(2,3)4/h5-8,14H,9-11,16H2,1-4H3. The second kappa shape index (κ2) is 6.88. The maximum atomic E-state index is 6.05. The SMILES string of the molecule is Cc1ccc(C(N)COCCOC(C)(C)C)cc1. The first-order valence-corrected chi connectivity index (χ1v) is 6.42. The number of aryl methyl sites for hydroxylation is 1. The van der Waals surface area contributed by atoms with Gasteiger partial charge in [0.05, 0.1) is 31.5 Å². The van der Waals surface area contributed by atoms with Crippen molar-refractivity contribution in [2.45, 2.75) is 39.3 Å². The average molecular weight is 251 g/mol. The van der Waals surface area contributed by atoms with Gasteiger partial charge in [0.2, 0.25) is 0 Å². The molecule has 0 bridgehead atoms. The first-order valence-electron chi connectivity index (χ1n) is 6.42. The van der Waals surface area contributed by atoms with Gasteiger partial charge in [0.15, 0.2) is 0 Å². The van der Waals surface area contributed by atoms with Gasteiger partial charge >= 0.3 is 0 Å². The Balaban J connectivity index is 2.21. The van der Waals surface area contributed by atoms with Gasteiger partial charge < -0.3 is 15.2 Å². The van der Waals surface area contributed by atoms with Crippen molar-refractivity contribution in [3.05, 3.63) is 35.4 Å². The zero-order valence-corrected chi connectivity index (χ0v) is 11.9. The Labute approximate surface area is 110 Å². The van der Waals surface area contributed by atoms with Crippen LogP contribution in [0.15, 0.2) is 24.3 Å². The molecule has 1 aromatic carbocycles. The molecule has 0 amide bonds. The Bertz CT molecular complexity index is 341. The van der Waals surface area contributed by atoms with Crippen LogP contribution >= 0.6 is 0 Å². The minimum Gasteiger partial charge on any atom is -0.377 e. The highest BCUT2D eigenvalue weighted by molar-refractivity contribution is 5.23. The summed E-state index contributed by atoms with van der Waals surface area (Å²) in [5.74, 6) is 0. The van der Waals surface area contributed by atoms with Gasteiger partial charge in [-0.15, -0.1) is 0 Å². The Morgan fingerprint density at radius 2 is 1.72 bits per heavy atom. The van der Waals surface area contributed by atoms with E-state index in [0.717, 1.165) is 5.56 Å². The van der Waals surface area contributed by atoms with Crippen LogP contribution in [0.2, 0.25) is 0 Å². The minimum atomic E-state index is -0.109. The Kier molecular flexibility index (Phi) is 5.79. The molecule has 0 fully saturated rings. The van der Waals surface area contributed by atoms with E-state index in [1.54, 1.807) is 0 Å². The fraction of sp³-hybridized carbons (Fsp3) is 0.600. The number of ether oxygens (including phenoxy) is 2. The normalized spacial score (nSPS) is 13.6. The lowest BCUT2D eigenvalue weighted by Gasteiger charge is -2.20. The summed E-state index contributed by atoms with van der Waals surface area (Å²) in [6.07, 6.45) is 0. The van der Waals surface area contributed by atoms with Gasteiger partial charge in [0, 0.05) is 0 Å². The van der Waals surface area contributed by atoms with Gasteiger partial charge in [0.1, 0.15) is 0 Å². The van der Waals surface area contributed by atoms with E-state index >= 15 is 0 Å². The molecule has 0 aliphatic carbocycles. The highest BCUT2D eigenvalue weighted by atomic mass is 16.5. The predicted octanol–water partition coefficient (Wildman–Crippen LogP) is 2.83. The molecule has 102 valence electrons. The second-order valence-corrected chi connectivity index (χ2v) is 5.55. The van der Waals surface area contributed by atoms with Crippen LogP contribution < -0.4 is 5.73 Å². The van der Waals surface area contributed by atoms with Crippen LogP contribution in [0.5, 0.6) is 0 Å². The third-order valence-electron chi connectivity index (χ3n) is 2.57. The van der Waals surface area contributed by atoms with E-state index in [4.69, 9.17) is 15.2 Å². The second-order valence-electron chi connectivity index (χ2n) is 5.55. The first kappa shape index (κ1) is 15.2. The number of hydrogen-bond donors (Lipinski definition) is 1. The van der Waals surface area contributed by atoms with Crippen LogP contribution in [0.1, 0.15) is 37.9 Å². The zero-order chi connectivity index (χ0) is 13.6. The fourth-order valence-electron chi connectivity index (χ4n) is 1.53. The molecule has 0 aromatic heterocycles. The van der Waals surface area contributed by atoms with Crippen LogP contribution in [0, 0.1) is 6.92 Å². The highest BCUT2D eigenvalue weighted by Crippen LogP contribution is 2.12. The molecular weight excluding hydrogens is 226 g/mol. The number of benzene rings is 1. The number of nitrogens with two attached hydrogens (primary N) is 1. The van der Waals surface area contributed by atoms with Gasteiger partial charge in [-0.25, -0.2) is 0 Å². The molecular formula is C15H25NO2. The van der Waals surface area contributed by atoms with Crippen LogP contribution in [0.4, 0.5) is 0 Å². The molecule has 1 atom stereocenters. The fourth-order valence-corrected chi connectivity index (χ4v) is 1.53. The third kappa shape index (κ3) is 6.15. The Hall–Kier alpha value is -0.900. The first-order chi connectivity index (χ1) is 8.38. The summed E-state index contributed by atoms with van der Waals surface area (Å²) in [6, 6.07) is 8.17. The highest BCUT2D eigenvalue weighted by Gasteiger charge is 2.10. The maximum Gasteiger partial charge on any atom is 0.0707 e. The van der Waals surface area contributed by atoms with Crippen LogP contribution in [-0.2, 0) is 9.47 Å². The van der Waals surface area contributed by atoms with E-state index in [0.29, 0.717) is 19.8 Å². The van der Waals surface area contributed by atoms with Crippen molar-refractivity contribution in [3.8, 4) is 0 Å². The smallest absolute Gasteiger partial charge is 0.0707 e. The summed E-state index contributed by atoms with van der Waals surface area (Å²) in [7, 11) is 0. The predicted molar refractivity (Wildman–Crippen MR) is 74.6 cm³/mol. The van der Waals surface area contributed by atoms with Crippen LogP contribution in [-0.4, -0.2) is 25.4 Å². The molecule has 0 saturated carbocycles. The van der Waals surface area contributed by atoms with E-state index < -0.39 is 0 Å². The monoisotopic (exact) mass is 251 g/mol. The lowest BCUT2D eigenvalue weighted by molar-refractivity contribution is -0.0363.